The molecule has 2 aromatic heterocycles. The number of hydrogen-bond acceptors (Lipinski definition) is 6. The number of nitrogens with one attached hydrogen (secondary N) is 1. The number of carbonyl (C=O) groups excluding carboxylic acids is 1. The first kappa shape index (κ1) is 28.0. The molecule has 0 aliphatic rings. The topological polar surface area (TPSA) is 102 Å². The van der Waals surface area contributed by atoms with E-state index in [1.54, 1.807) is 16.9 Å². The maximum atomic E-state index is 14.6. The number of sulfonamides is 1. The van der Waals surface area contributed by atoms with Crippen molar-refractivity contribution in [2.45, 2.75) is 50.6 Å². The Balaban J connectivity index is 1.94. The number of aromatic nitrogens is 3. The van der Waals surface area contributed by atoms with Crippen LogP contribution in [0.25, 0.3) is 16.0 Å². The normalized spacial score (nSPS) is 12.1. The van der Waals surface area contributed by atoms with Gasteiger partial charge < -0.3 is 9.74 Å². The Morgan fingerprint density at radius 1 is 1.24 bits per heavy atom. The third-order valence-corrected chi connectivity index (χ3v) is 7.06. The molecule has 0 radical (unpaired) electrons. The van der Waals surface area contributed by atoms with Crippen LogP contribution in [-0.2, 0) is 26.8 Å². The van der Waals surface area contributed by atoms with E-state index in [-0.39, 0.29) is 23.2 Å². The van der Waals surface area contributed by atoms with E-state index in [0.717, 1.165) is 0 Å². The molecule has 0 bridgehead atoms. The van der Waals surface area contributed by atoms with Gasteiger partial charge in [-0.1, -0.05) is 20.4 Å². The summed E-state index contributed by atoms with van der Waals surface area (Å²) in [6, 6.07) is 7.09. The highest BCUT2D eigenvalue weighted by molar-refractivity contribution is 7.90. The number of benzene rings is 1. The lowest BCUT2D eigenvalue weighted by atomic mass is 9.88. The van der Waals surface area contributed by atoms with Crippen molar-refractivity contribution < 1.29 is 17.6 Å². The second-order valence-electron chi connectivity index (χ2n) is 10.0. The zero-order valence-electron chi connectivity index (χ0n) is 21.8. The molecule has 0 atom stereocenters. The molecule has 37 heavy (non-hydrogen) atoms. The minimum atomic E-state index is -4.25. The Kier molecular flexibility index (Phi) is 8.15. The van der Waals surface area contributed by atoms with E-state index in [1.165, 1.54) is 30.5 Å². The molecule has 11 heteroatoms. The van der Waals surface area contributed by atoms with Gasteiger partial charge in [-0.25, -0.2) is 9.11 Å². The second-order valence-corrected chi connectivity index (χ2v) is 11.7. The van der Waals surface area contributed by atoms with Gasteiger partial charge >= 0.3 is 0 Å². The molecule has 0 unspecified atom stereocenters. The monoisotopic (exact) mass is 526 g/mol. The van der Waals surface area contributed by atoms with Crippen LogP contribution in [0.5, 0.6) is 0 Å². The number of rotatable bonds is 9. The van der Waals surface area contributed by atoms with Gasteiger partial charge in [0, 0.05) is 12.7 Å². The zero-order chi connectivity index (χ0) is 27.5. The molecule has 1 amide bonds. The lowest BCUT2D eigenvalue weighted by molar-refractivity contribution is -0.118. The maximum absolute atomic E-state index is 14.6. The third-order valence-electron chi connectivity index (χ3n) is 5.79. The van der Waals surface area contributed by atoms with Gasteiger partial charge in [-0.3, -0.25) is 9.48 Å². The average Bonchev–Trinajstić information content (AvgIpc) is 3.31. The van der Waals surface area contributed by atoms with Crippen LogP contribution >= 0.6 is 0 Å². The molecule has 2 heterocycles. The van der Waals surface area contributed by atoms with Gasteiger partial charge in [-0.05, 0) is 86.4 Å². The molecular formula is C26H31FN6O3S. The summed E-state index contributed by atoms with van der Waals surface area (Å²) in [5.41, 5.74) is 1.47. The molecular weight excluding hydrogens is 495 g/mol. The first-order chi connectivity index (χ1) is 17.2. The van der Waals surface area contributed by atoms with Crippen LogP contribution in [0.3, 0.4) is 0 Å². The zero-order valence-corrected chi connectivity index (χ0v) is 22.6. The van der Waals surface area contributed by atoms with Crippen LogP contribution < -0.4 is 4.72 Å². The van der Waals surface area contributed by atoms with E-state index < -0.39 is 27.3 Å². The molecule has 1 N–H and O–H groups in total. The van der Waals surface area contributed by atoms with E-state index in [0.29, 0.717) is 28.8 Å². The van der Waals surface area contributed by atoms with Gasteiger partial charge in [0.1, 0.15) is 12.0 Å². The van der Waals surface area contributed by atoms with E-state index >= 15 is 0 Å². The Hall–Kier alpha value is -3.62. The summed E-state index contributed by atoms with van der Waals surface area (Å²) in [5.74, 6) is -1.30. The van der Waals surface area contributed by atoms with E-state index in [4.69, 9.17) is 6.57 Å². The van der Waals surface area contributed by atoms with Gasteiger partial charge in [0.05, 0.1) is 12.0 Å². The standard InChI is InChI=1S/C26H31FN6O3S/c1-17(2)20-13-19(27)14-21(18-8-10-29-23(12-18)28-5)22(20)15-24(34)31-37(35,36)25-9-11-33(30-25)26(3,4)16-32(6)7/h8-14,17H,15-16H2,1-4,6-7H3,(H,31,34). The van der Waals surface area contributed by atoms with Gasteiger partial charge in [0.25, 0.3) is 15.8 Å². The minimum Gasteiger partial charge on any atom is -0.361 e. The van der Waals surface area contributed by atoms with Crippen LogP contribution in [0.15, 0.2) is 47.8 Å². The largest absolute Gasteiger partial charge is 0.361 e. The number of hydrogen-bond donors (Lipinski definition) is 1. The fourth-order valence-corrected chi connectivity index (χ4v) is 5.22. The minimum absolute atomic E-state index is 0.124. The van der Waals surface area contributed by atoms with Crippen molar-refractivity contribution in [1.29, 1.82) is 0 Å². The second kappa shape index (κ2) is 10.8. The third kappa shape index (κ3) is 6.58. The summed E-state index contributed by atoms with van der Waals surface area (Å²) in [6.45, 7) is 15.4. The fourth-order valence-electron chi connectivity index (χ4n) is 4.31. The van der Waals surface area contributed by atoms with Crippen LogP contribution in [-0.4, -0.2) is 54.6 Å². The van der Waals surface area contributed by atoms with Crippen molar-refractivity contribution in [3.8, 4) is 11.1 Å². The maximum Gasteiger partial charge on any atom is 0.283 e. The van der Waals surface area contributed by atoms with Crippen molar-refractivity contribution in [1.82, 2.24) is 24.4 Å². The summed E-state index contributed by atoms with van der Waals surface area (Å²) in [4.78, 5) is 22.3. The molecule has 0 aliphatic heterocycles. The van der Waals surface area contributed by atoms with Gasteiger partial charge in [0.15, 0.2) is 5.03 Å². The predicted molar refractivity (Wildman–Crippen MR) is 139 cm³/mol. The Morgan fingerprint density at radius 2 is 1.95 bits per heavy atom. The molecule has 196 valence electrons. The summed E-state index contributed by atoms with van der Waals surface area (Å²) in [6.07, 6.45) is 2.69. The smallest absolute Gasteiger partial charge is 0.283 e. The van der Waals surface area contributed by atoms with Crippen LogP contribution in [0.1, 0.15) is 44.7 Å². The molecule has 0 fully saturated rings. The van der Waals surface area contributed by atoms with E-state index in [1.807, 2.05) is 46.7 Å². The first-order valence-electron chi connectivity index (χ1n) is 11.7. The highest BCUT2D eigenvalue weighted by atomic mass is 32.2. The van der Waals surface area contributed by atoms with E-state index in [9.17, 15) is 17.6 Å². The molecule has 0 saturated carbocycles. The number of likely N-dealkylation sites (N-methyl/N-ethyl adjacent to an activating group) is 1. The molecule has 0 saturated heterocycles. The number of amides is 1. The molecule has 0 spiro atoms. The van der Waals surface area contributed by atoms with E-state index in [2.05, 4.69) is 19.6 Å². The molecule has 3 aromatic rings. The van der Waals surface area contributed by atoms with Crippen LogP contribution in [0, 0.1) is 12.4 Å². The van der Waals surface area contributed by atoms with Gasteiger partial charge in [-0.15, -0.1) is 4.98 Å². The lowest BCUT2D eigenvalue weighted by Crippen LogP contribution is -2.38. The Bertz CT molecular complexity index is 1460. The lowest BCUT2D eigenvalue weighted by Gasteiger charge is -2.28. The van der Waals surface area contributed by atoms with Crippen LogP contribution in [0.2, 0.25) is 0 Å². The number of carbonyl (C=O) groups is 1. The van der Waals surface area contributed by atoms with Crippen molar-refractivity contribution in [2.75, 3.05) is 20.6 Å². The summed E-state index contributed by atoms with van der Waals surface area (Å²) < 4.78 is 44.2. The van der Waals surface area contributed by atoms with Crippen molar-refractivity contribution in [3.05, 3.63) is 71.1 Å². The first-order valence-corrected chi connectivity index (χ1v) is 13.1. The predicted octanol–water partition coefficient (Wildman–Crippen LogP) is 4.10. The van der Waals surface area contributed by atoms with Crippen molar-refractivity contribution >= 4 is 21.7 Å². The quantitative estimate of drug-likeness (QED) is 0.421. The Labute approximate surface area is 217 Å². The molecule has 9 nitrogen and oxygen atoms in total. The summed E-state index contributed by atoms with van der Waals surface area (Å²) in [5, 5.41) is 3.94. The number of pyridine rings is 1. The molecule has 1 aromatic carbocycles. The molecule has 0 aliphatic carbocycles. The summed E-state index contributed by atoms with van der Waals surface area (Å²) >= 11 is 0. The number of halogens is 1. The van der Waals surface area contributed by atoms with Gasteiger partial charge in [0.2, 0.25) is 5.91 Å². The van der Waals surface area contributed by atoms with Crippen LogP contribution in [0.4, 0.5) is 10.2 Å². The van der Waals surface area contributed by atoms with Crippen molar-refractivity contribution in [2.24, 2.45) is 0 Å². The number of nitrogens with zero attached hydrogens (tertiary/aromatic N) is 5. The highest BCUT2D eigenvalue weighted by Gasteiger charge is 2.27. The molecule has 3 rings (SSSR count). The SMILES string of the molecule is [C-]#[N+]c1cc(-c2cc(F)cc(C(C)C)c2CC(=O)NS(=O)(=O)c2ccn(C(C)(C)CN(C)C)n2)ccn1. The fraction of sp³-hybridized carbons (Fsp3) is 0.385. The highest BCUT2D eigenvalue weighted by Crippen LogP contribution is 2.33. The van der Waals surface area contributed by atoms with Gasteiger partial charge in [-0.2, -0.15) is 13.5 Å². The average molecular weight is 527 g/mol. The summed E-state index contributed by atoms with van der Waals surface area (Å²) in [7, 11) is -0.427. The Morgan fingerprint density at radius 3 is 2.57 bits per heavy atom. The van der Waals surface area contributed by atoms with Crippen molar-refractivity contribution in [3.63, 3.8) is 0 Å².